The van der Waals surface area contributed by atoms with Gasteiger partial charge in [-0.15, -0.1) is 0 Å². The highest BCUT2D eigenvalue weighted by Gasteiger charge is 2.04. The van der Waals surface area contributed by atoms with E-state index in [2.05, 4.69) is 5.32 Å². The van der Waals surface area contributed by atoms with Crippen LogP contribution in [0.5, 0.6) is 0 Å². The minimum atomic E-state index is -0.0751. The number of carbonyl (C=O) groups is 1. The molecule has 0 saturated carbocycles. The maximum Gasteiger partial charge on any atom is 0.221 e. The zero-order chi connectivity index (χ0) is 8.43. The third-order valence-corrected chi connectivity index (χ3v) is 1.35. The molecule has 0 spiro atoms. The van der Waals surface area contributed by atoms with Crippen molar-refractivity contribution >= 4 is 11.6 Å². The molecule has 1 aromatic heterocycles. The maximum atomic E-state index is 10.6. The van der Waals surface area contributed by atoms with Crippen LogP contribution >= 0.6 is 0 Å². The standard InChI is InChI=1S/C8H11NO2/c1-5-4-8(6(2)11-5)9-7(3)10/h4H,1-3H3,(H,9,10). The van der Waals surface area contributed by atoms with E-state index < -0.39 is 0 Å². The number of amides is 1. The number of rotatable bonds is 1. The summed E-state index contributed by atoms with van der Waals surface area (Å²) < 4.78 is 5.20. The Balaban J connectivity index is 2.85. The zero-order valence-corrected chi connectivity index (χ0v) is 6.89. The van der Waals surface area contributed by atoms with Gasteiger partial charge < -0.3 is 9.73 Å². The van der Waals surface area contributed by atoms with Crippen LogP contribution in [0.2, 0.25) is 0 Å². The van der Waals surface area contributed by atoms with Gasteiger partial charge in [0.15, 0.2) is 0 Å². The summed E-state index contributed by atoms with van der Waals surface area (Å²) in [6.45, 7) is 5.14. The van der Waals surface area contributed by atoms with Crippen molar-refractivity contribution in [2.75, 3.05) is 5.32 Å². The molecule has 1 aromatic rings. The molecule has 0 radical (unpaired) electrons. The molecule has 3 nitrogen and oxygen atoms in total. The highest BCUT2D eigenvalue weighted by molar-refractivity contribution is 5.89. The lowest BCUT2D eigenvalue weighted by molar-refractivity contribution is -0.114. The van der Waals surface area contributed by atoms with Crippen LogP contribution in [-0.4, -0.2) is 5.91 Å². The Morgan fingerprint density at radius 2 is 2.18 bits per heavy atom. The van der Waals surface area contributed by atoms with Crippen molar-refractivity contribution in [2.24, 2.45) is 0 Å². The van der Waals surface area contributed by atoms with Crippen LogP contribution in [0.25, 0.3) is 0 Å². The van der Waals surface area contributed by atoms with E-state index in [1.807, 2.05) is 13.8 Å². The lowest BCUT2D eigenvalue weighted by atomic mass is 10.4. The van der Waals surface area contributed by atoms with E-state index in [0.717, 1.165) is 17.2 Å². The molecule has 0 unspecified atom stereocenters. The third kappa shape index (κ3) is 1.83. The highest BCUT2D eigenvalue weighted by atomic mass is 16.3. The Kier molecular flexibility index (Phi) is 1.98. The molecule has 11 heavy (non-hydrogen) atoms. The first-order valence-corrected chi connectivity index (χ1v) is 3.44. The molecular weight excluding hydrogens is 142 g/mol. The number of carbonyl (C=O) groups excluding carboxylic acids is 1. The predicted octanol–water partition coefficient (Wildman–Crippen LogP) is 1.85. The van der Waals surface area contributed by atoms with E-state index in [4.69, 9.17) is 4.42 Å². The van der Waals surface area contributed by atoms with E-state index in [-0.39, 0.29) is 5.91 Å². The quantitative estimate of drug-likeness (QED) is 0.669. The number of furan rings is 1. The fourth-order valence-corrected chi connectivity index (χ4v) is 0.945. The molecule has 0 bridgehead atoms. The fraction of sp³-hybridized carbons (Fsp3) is 0.375. The molecule has 3 heteroatoms. The Morgan fingerprint density at radius 1 is 1.55 bits per heavy atom. The van der Waals surface area contributed by atoms with E-state index in [1.54, 1.807) is 6.07 Å². The average Bonchev–Trinajstić information content (AvgIpc) is 2.09. The highest BCUT2D eigenvalue weighted by Crippen LogP contribution is 2.18. The van der Waals surface area contributed by atoms with E-state index in [9.17, 15) is 4.79 Å². The zero-order valence-electron chi connectivity index (χ0n) is 6.89. The maximum absolute atomic E-state index is 10.6. The first kappa shape index (κ1) is 7.85. The summed E-state index contributed by atoms with van der Waals surface area (Å²) >= 11 is 0. The first-order chi connectivity index (χ1) is 5.09. The largest absolute Gasteiger partial charge is 0.464 e. The summed E-state index contributed by atoms with van der Waals surface area (Å²) in [5.74, 6) is 1.48. The second-order valence-corrected chi connectivity index (χ2v) is 2.51. The number of hydrogen-bond acceptors (Lipinski definition) is 2. The topological polar surface area (TPSA) is 42.2 Å². The number of anilines is 1. The van der Waals surface area contributed by atoms with E-state index in [0.29, 0.717) is 0 Å². The SMILES string of the molecule is CC(=O)Nc1cc(C)oc1C. The number of nitrogens with one attached hydrogen (secondary N) is 1. The van der Waals surface area contributed by atoms with Crippen molar-refractivity contribution in [1.82, 2.24) is 0 Å². The van der Waals surface area contributed by atoms with Crippen LogP contribution in [0.1, 0.15) is 18.4 Å². The van der Waals surface area contributed by atoms with Gasteiger partial charge in [0.25, 0.3) is 0 Å². The van der Waals surface area contributed by atoms with Gasteiger partial charge in [0.2, 0.25) is 5.91 Å². The molecular formula is C8H11NO2. The van der Waals surface area contributed by atoms with Gasteiger partial charge in [-0.05, 0) is 13.8 Å². The summed E-state index contributed by atoms with van der Waals surface area (Å²) in [7, 11) is 0. The molecule has 1 N–H and O–H groups in total. The van der Waals surface area contributed by atoms with Crippen LogP contribution < -0.4 is 5.32 Å². The van der Waals surface area contributed by atoms with Gasteiger partial charge in [-0.2, -0.15) is 0 Å². The minimum Gasteiger partial charge on any atom is -0.464 e. The molecule has 0 aromatic carbocycles. The summed E-state index contributed by atoms with van der Waals surface area (Å²) in [5.41, 5.74) is 0.759. The van der Waals surface area contributed by atoms with Gasteiger partial charge in [-0.3, -0.25) is 4.79 Å². The smallest absolute Gasteiger partial charge is 0.221 e. The van der Waals surface area contributed by atoms with Gasteiger partial charge in [0.05, 0.1) is 5.69 Å². The fourth-order valence-electron chi connectivity index (χ4n) is 0.945. The normalized spacial score (nSPS) is 9.73. The molecule has 60 valence electrons. The lowest BCUT2D eigenvalue weighted by Crippen LogP contribution is -2.05. The summed E-state index contributed by atoms with van der Waals surface area (Å²) in [4.78, 5) is 10.6. The summed E-state index contributed by atoms with van der Waals surface area (Å²) in [6.07, 6.45) is 0. The van der Waals surface area contributed by atoms with Crippen LogP contribution in [0.3, 0.4) is 0 Å². The van der Waals surface area contributed by atoms with Crippen LogP contribution in [0.15, 0.2) is 10.5 Å². The molecule has 0 aliphatic carbocycles. The first-order valence-electron chi connectivity index (χ1n) is 3.44. The average molecular weight is 153 g/mol. The van der Waals surface area contributed by atoms with Gasteiger partial charge in [0, 0.05) is 13.0 Å². The molecule has 1 rings (SSSR count). The van der Waals surface area contributed by atoms with Crippen molar-refractivity contribution in [1.29, 1.82) is 0 Å². The Labute approximate surface area is 65.4 Å². The Hall–Kier alpha value is -1.25. The van der Waals surface area contributed by atoms with Crippen LogP contribution in [-0.2, 0) is 4.79 Å². The van der Waals surface area contributed by atoms with Crippen LogP contribution in [0.4, 0.5) is 5.69 Å². The molecule has 0 fully saturated rings. The summed E-state index contributed by atoms with van der Waals surface area (Å²) in [5, 5.41) is 2.66. The van der Waals surface area contributed by atoms with E-state index in [1.165, 1.54) is 6.92 Å². The Morgan fingerprint density at radius 3 is 2.55 bits per heavy atom. The van der Waals surface area contributed by atoms with Crippen molar-refractivity contribution < 1.29 is 9.21 Å². The molecule has 0 saturated heterocycles. The predicted molar refractivity (Wildman–Crippen MR) is 42.5 cm³/mol. The number of hydrogen-bond donors (Lipinski definition) is 1. The number of aryl methyl sites for hydroxylation is 2. The van der Waals surface area contributed by atoms with Gasteiger partial charge in [-0.1, -0.05) is 0 Å². The van der Waals surface area contributed by atoms with Crippen molar-refractivity contribution in [3.05, 3.63) is 17.6 Å². The van der Waals surface area contributed by atoms with Crippen molar-refractivity contribution in [3.8, 4) is 0 Å². The van der Waals surface area contributed by atoms with Crippen LogP contribution in [0, 0.1) is 13.8 Å². The van der Waals surface area contributed by atoms with E-state index >= 15 is 0 Å². The molecule has 0 aliphatic rings. The molecule has 1 amide bonds. The van der Waals surface area contributed by atoms with Gasteiger partial charge in [-0.25, -0.2) is 0 Å². The van der Waals surface area contributed by atoms with Crippen molar-refractivity contribution in [3.63, 3.8) is 0 Å². The second-order valence-electron chi connectivity index (χ2n) is 2.51. The second kappa shape index (κ2) is 2.78. The van der Waals surface area contributed by atoms with Gasteiger partial charge >= 0.3 is 0 Å². The molecule has 0 aliphatic heterocycles. The molecule has 1 heterocycles. The monoisotopic (exact) mass is 153 g/mol. The van der Waals surface area contributed by atoms with Gasteiger partial charge in [0.1, 0.15) is 11.5 Å². The molecule has 0 atom stereocenters. The lowest BCUT2D eigenvalue weighted by Gasteiger charge is -1.96. The Bertz CT molecular complexity index is 276. The minimum absolute atomic E-state index is 0.0751. The third-order valence-electron chi connectivity index (χ3n) is 1.35. The summed E-state index contributed by atoms with van der Waals surface area (Å²) in [6, 6.07) is 1.80. The van der Waals surface area contributed by atoms with Crippen molar-refractivity contribution in [2.45, 2.75) is 20.8 Å².